The first-order valence-electron chi connectivity index (χ1n) is 6.73. The first kappa shape index (κ1) is 16.6. The van der Waals surface area contributed by atoms with Crippen LogP contribution < -0.4 is 5.32 Å². The smallest absolute Gasteiger partial charge is 0.342 e. The molecular weight excluding hydrogens is 297 g/mol. The van der Waals surface area contributed by atoms with E-state index in [1.165, 1.54) is 6.07 Å². The molecule has 1 saturated heterocycles. The van der Waals surface area contributed by atoms with Gasteiger partial charge in [-0.25, -0.2) is 9.18 Å². The minimum Gasteiger partial charge on any atom is -0.429 e. The summed E-state index contributed by atoms with van der Waals surface area (Å²) < 4.78 is 22.7. The third-order valence-corrected chi connectivity index (χ3v) is 3.46. The standard InChI is InChI=1S/C14H18FNO6/c1-16-8-5-3-2-4-7(8)13(20)22-14-12(19)11(18)10(17)9(6-15)21-14/h2-5,9-12,14,16-19H,6H2,1H3/t9-,10-,11+,12-,14+/m1/s1. The fraction of sp³-hybridized carbons (Fsp3) is 0.500. The molecule has 1 fully saturated rings. The summed E-state index contributed by atoms with van der Waals surface area (Å²) in [5.74, 6) is -0.810. The van der Waals surface area contributed by atoms with E-state index in [4.69, 9.17) is 9.47 Å². The number of hydrogen-bond acceptors (Lipinski definition) is 7. The summed E-state index contributed by atoms with van der Waals surface area (Å²) in [6.45, 7) is -1.09. The number of rotatable bonds is 4. The molecule has 1 aromatic rings. The number of carbonyl (C=O) groups is 1. The van der Waals surface area contributed by atoms with E-state index in [1.54, 1.807) is 25.2 Å². The van der Waals surface area contributed by atoms with E-state index in [2.05, 4.69) is 5.32 Å². The number of aliphatic hydroxyl groups excluding tert-OH is 3. The molecular formula is C14H18FNO6. The third kappa shape index (κ3) is 3.20. The van der Waals surface area contributed by atoms with Crippen molar-refractivity contribution in [3.05, 3.63) is 29.8 Å². The van der Waals surface area contributed by atoms with Crippen LogP contribution in [0.5, 0.6) is 0 Å². The molecule has 0 amide bonds. The highest BCUT2D eigenvalue weighted by molar-refractivity contribution is 5.95. The van der Waals surface area contributed by atoms with Gasteiger partial charge in [0.25, 0.3) is 0 Å². The minimum atomic E-state index is -1.68. The lowest BCUT2D eigenvalue weighted by Crippen LogP contribution is -2.59. The lowest BCUT2D eigenvalue weighted by atomic mass is 9.99. The van der Waals surface area contributed by atoms with E-state index >= 15 is 0 Å². The van der Waals surface area contributed by atoms with Gasteiger partial charge in [-0.3, -0.25) is 0 Å². The fourth-order valence-corrected chi connectivity index (χ4v) is 2.19. The van der Waals surface area contributed by atoms with Gasteiger partial charge < -0.3 is 30.1 Å². The summed E-state index contributed by atoms with van der Waals surface area (Å²) in [5.41, 5.74) is 0.693. The van der Waals surface area contributed by atoms with Gasteiger partial charge in [-0.05, 0) is 12.1 Å². The second kappa shape index (κ2) is 7.01. The molecule has 4 N–H and O–H groups in total. The third-order valence-electron chi connectivity index (χ3n) is 3.46. The highest BCUT2D eigenvalue weighted by atomic mass is 19.1. The minimum absolute atomic E-state index is 0.193. The number of alkyl halides is 1. The Balaban J connectivity index is 2.13. The molecule has 0 aromatic heterocycles. The van der Waals surface area contributed by atoms with Crippen molar-refractivity contribution in [2.24, 2.45) is 0 Å². The highest BCUT2D eigenvalue weighted by Gasteiger charge is 2.45. The maximum atomic E-state index is 12.8. The van der Waals surface area contributed by atoms with Gasteiger partial charge in [0.2, 0.25) is 6.29 Å². The van der Waals surface area contributed by atoms with Gasteiger partial charge >= 0.3 is 5.97 Å². The number of benzene rings is 1. The molecule has 0 saturated carbocycles. The van der Waals surface area contributed by atoms with Crippen molar-refractivity contribution >= 4 is 11.7 Å². The lowest BCUT2D eigenvalue weighted by molar-refractivity contribution is -0.282. The molecule has 1 heterocycles. The van der Waals surface area contributed by atoms with Crippen LogP contribution in [0, 0.1) is 0 Å². The average Bonchev–Trinajstić information content (AvgIpc) is 2.55. The van der Waals surface area contributed by atoms with Crippen molar-refractivity contribution < 1.29 is 34.0 Å². The van der Waals surface area contributed by atoms with Crippen LogP contribution in [0.15, 0.2) is 24.3 Å². The van der Waals surface area contributed by atoms with Gasteiger partial charge in [0, 0.05) is 12.7 Å². The number of anilines is 1. The van der Waals surface area contributed by atoms with Gasteiger partial charge in [0.05, 0.1) is 5.56 Å². The van der Waals surface area contributed by atoms with Crippen LogP contribution in [-0.4, -0.2) is 65.7 Å². The van der Waals surface area contributed by atoms with Gasteiger partial charge in [-0.2, -0.15) is 0 Å². The Kier molecular flexibility index (Phi) is 5.30. The molecule has 0 unspecified atom stereocenters. The number of halogens is 1. The zero-order valence-electron chi connectivity index (χ0n) is 11.8. The number of ether oxygens (including phenoxy) is 2. The molecule has 1 aliphatic rings. The maximum absolute atomic E-state index is 12.8. The molecule has 0 bridgehead atoms. The molecule has 0 spiro atoms. The average molecular weight is 315 g/mol. The van der Waals surface area contributed by atoms with Crippen molar-refractivity contribution in [3.63, 3.8) is 0 Å². The quantitative estimate of drug-likeness (QED) is 0.563. The number of carbonyl (C=O) groups excluding carboxylic acids is 1. The topological polar surface area (TPSA) is 108 Å². The van der Waals surface area contributed by atoms with Crippen LogP contribution in [0.2, 0.25) is 0 Å². The van der Waals surface area contributed by atoms with E-state index < -0.39 is 43.3 Å². The number of esters is 1. The SMILES string of the molecule is CNc1ccccc1C(=O)O[C@@H]1O[C@H](CF)[C@@H](O)[C@H](O)[C@H]1O. The summed E-state index contributed by atoms with van der Waals surface area (Å²) in [6, 6.07) is 6.49. The zero-order valence-corrected chi connectivity index (χ0v) is 11.8. The van der Waals surface area contributed by atoms with Crippen LogP contribution in [-0.2, 0) is 9.47 Å². The molecule has 0 aliphatic carbocycles. The fourth-order valence-electron chi connectivity index (χ4n) is 2.19. The highest BCUT2D eigenvalue weighted by Crippen LogP contribution is 2.24. The van der Waals surface area contributed by atoms with Gasteiger partial charge in [-0.1, -0.05) is 12.1 Å². The van der Waals surface area contributed by atoms with Crippen LogP contribution in [0.4, 0.5) is 10.1 Å². The predicted octanol–water partition coefficient (Wildman–Crippen LogP) is -0.338. The first-order chi connectivity index (χ1) is 10.5. The van der Waals surface area contributed by atoms with Crippen molar-refractivity contribution in [1.82, 2.24) is 0 Å². The Morgan fingerprint density at radius 1 is 1.27 bits per heavy atom. The molecule has 122 valence electrons. The van der Waals surface area contributed by atoms with E-state index in [0.717, 1.165) is 0 Å². The summed E-state index contributed by atoms with van der Waals surface area (Å²) in [7, 11) is 1.62. The number of para-hydroxylation sites is 1. The number of aliphatic hydroxyl groups is 3. The molecule has 2 rings (SSSR count). The van der Waals surface area contributed by atoms with Crippen LogP contribution in [0.25, 0.3) is 0 Å². The van der Waals surface area contributed by atoms with Crippen molar-refractivity contribution in [3.8, 4) is 0 Å². The van der Waals surface area contributed by atoms with E-state index in [0.29, 0.717) is 5.69 Å². The Morgan fingerprint density at radius 2 is 1.95 bits per heavy atom. The van der Waals surface area contributed by atoms with E-state index in [-0.39, 0.29) is 5.56 Å². The second-order valence-corrected chi connectivity index (χ2v) is 4.87. The molecule has 8 heteroatoms. The summed E-state index contributed by atoms with van der Waals surface area (Å²) in [4.78, 5) is 12.1. The Bertz CT molecular complexity index is 526. The monoisotopic (exact) mass is 315 g/mol. The lowest BCUT2D eigenvalue weighted by Gasteiger charge is -2.38. The zero-order chi connectivity index (χ0) is 16.3. The number of hydrogen-bond donors (Lipinski definition) is 4. The normalized spacial score (nSPS) is 31.6. The van der Waals surface area contributed by atoms with Crippen molar-refractivity contribution in [1.29, 1.82) is 0 Å². The van der Waals surface area contributed by atoms with Crippen molar-refractivity contribution in [2.45, 2.75) is 30.7 Å². The largest absolute Gasteiger partial charge is 0.429 e. The van der Waals surface area contributed by atoms with Crippen LogP contribution in [0.1, 0.15) is 10.4 Å². The maximum Gasteiger partial charge on any atom is 0.342 e. The summed E-state index contributed by atoms with van der Waals surface area (Å²) in [6.07, 6.45) is -7.90. The molecule has 0 radical (unpaired) electrons. The number of nitrogens with one attached hydrogen (secondary N) is 1. The Labute approximate surface area is 126 Å². The van der Waals surface area contributed by atoms with Crippen molar-refractivity contribution in [2.75, 3.05) is 19.0 Å². The van der Waals surface area contributed by atoms with Gasteiger partial charge in [0.1, 0.15) is 31.1 Å². The van der Waals surface area contributed by atoms with Crippen LogP contribution >= 0.6 is 0 Å². The van der Waals surface area contributed by atoms with E-state index in [9.17, 15) is 24.5 Å². The summed E-state index contributed by atoms with van der Waals surface area (Å²) in [5, 5.41) is 31.8. The molecule has 1 aromatic carbocycles. The Morgan fingerprint density at radius 3 is 2.59 bits per heavy atom. The Hall–Kier alpha value is -1.74. The predicted molar refractivity (Wildman–Crippen MR) is 74.1 cm³/mol. The van der Waals surface area contributed by atoms with Crippen LogP contribution in [0.3, 0.4) is 0 Å². The second-order valence-electron chi connectivity index (χ2n) is 4.87. The molecule has 1 aliphatic heterocycles. The summed E-state index contributed by atoms with van der Waals surface area (Å²) >= 11 is 0. The molecule has 5 atom stereocenters. The molecule has 22 heavy (non-hydrogen) atoms. The molecule has 7 nitrogen and oxygen atoms in total. The van der Waals surface area contributed by atoms with Gasteiger partial charge in [0.15, 0.2) is 0 Å². The van der Waals surface area contributed by atoms with E-state index in [1.807, 2.05) is 0 Å². The van der Waals surface area contributed by atoms with Gasteiger partial charge in [-0.15, -0.1) is 0 Å². The first-order valence-corrected chi connectivity index (χ1v) is 6.73.